The van der Waals surface area contributed by atoms with Gasteiger partial charge in [0.2, 0.25) is 0 Å². The second kappa shape index (κ2) is 9.94. The van der Waals surface area contributed by atoms with Crippen molar-refractivity contribution in [2.45, 2.75) is 18.2 Å². The molecule has 3 N–H and O–H groups in total. The van der Waals surface area contributed by atoms with E-state index < -0.39 is 29.5 Å². The minimum Gasteiger partial charge on any atom is -0.447 e. The summed E-state index contributed by atoms with van der Waals surface area (Å²) in [5.41, 5.74) is 8.07. The van der Waals surface area contributed by atoms with Crippen LogP contribution < -0.4 is 11.1 Å². The number of rotatable bonds is 8. The van der Waals surface area contributed by atoms with Gasteiger partial charge >= 0.3 is 11.7 Å². The number of nitrogens with zero attached hydrogens (tertiary/aromatic N) is 3. The van der Waals surface area contributed by atoms with E-state index in [1.807, 2.05) is 36.4 Å². The van der Waals surface area contributed by atoms with Crippen LogP contribution >= 0.6 is 0 Å². The van der Waals surface area contributed by atoms with E-state index in [4.69, 9.17) is 15.2 Å². The predicted molar refractivity (Wildman–Crippen MR) is 131 cm³/mol. The number of hydrogen-bond donors (Lipinski definition) is 2. The normalized spacial score (nSPS) is 14.4. The molecule has 186 valence electrons. The first-order chi connectivity index (χ1) is 18.0. The molecule has 0 aliphatic carbocycles. The first-order valence-electron chi connectivity index (χ1n) is 11.4. The van der Waals surface area contributed by atoms with Crippen molar-refractivity contribution in [3.63, 3.8) is 0 Å². The van der Waals surface area contributed by atoms with Gasteiger partial charge in [0.25, 0.3) is 5.91 Å². The summed E-state index contributed by atoms with van der Waals surface area (Å²) in [6, 6.07) is 19.2. The highest BCUT2D eigenvalue weighted by Gasteiger charge is 2.51. The molecule has 1 aliphatic heterocycles. The zero-order valence-corrected chi connectivity index (χ0v) is 19.5. The molecule has 0 saturated carbocycles. The van der Waals surface area contributed by atoms with Gasteiger partial charge in [-0.3, -0.25) is 9.59 Å². The van der Waals surface area contributed by atoms with E-state index in [0.29, 0.717) is 11.3 Å². The van der Waals surface area contributed by atoms with Gasteiger partial charge < -0.3 is 20.5 Å². The number of halogens is 1. The summed E-state index contributed by atoms with van der Waals surface area (Å²) < 4.78 is 25.9. The Bertz CT molecular complexity index is 1450. The Morgan fingerprint density at radius 3 is 2.43 bits per heavy atom. The molecule has 0 saturated heterocycles. The van der Waals surface area contributed by atoms with Gasteiger partial charge in [0.05, 0.1) is 11.3 Å². The van der Waals surface area contributed by atoms with Crippen molar-refractivity contribution in [3.8, 4) is 17.1 Å². The maximum atomic E-state index is 13.6. The lowest BCUT2D eigenvalue weighted by Crippen LogP contribution is -2.61. The van der Waals surface area contributed by atoms with Crippen LogP contribution in [0.1, 0.15) is 15.9 Å². The molecule has 4 aromatic rings. The highest BCUT2D eigenvalue weighted by atomic mass is 19.1. The van der Waals surface area contributed by atoms with Crippen LogP contribution in [-0.2, 0) is 20.7 Å². The Morgan fingerprint density at radius 1 is 1.00 bits per heavy atom. The summed E-state index contributed by atoms with van der Waals surface area (Å²) in [5, 5.41) is 7.38. The summed E-state index contributed by atoms with van der Waals surface area (Å²) >= 11 is 0. The van der Waals surface area contributed by atoms with Crippen molar-refractivity contribution in [1.29, 1.82) is 0 Å². The molecule has 1 atom stereocenters. The largest absolute Gasteiger partial charge is 0.447 e. The van der Waals surface area contributed by atoms with Crippen LogP contribution in [-0.4, -0.2) is 38.4 Å². The average molecular weight is 500 g/mol. The van der Waals surface area contributed by atoms with Crippen LogP contribution in [0, 0.1) is 5.82 Å². The average Bonchev–Trinajstić information content (AvgIpc) is 3.61. The summed E-state index contributed by atoms with van der Waals surface area (Å²) in [6.45, 7) is 0. The molecule has 10 heteroatoms. The fourth-order valence-corrected chi connectivity index (χ4v) is 4.07. The topological polar surface area (TPSA) is 121 Å². The zero-order chi connectivity index (χ0) is 25.8. The number of nitrogens with two attached hydrogens (primary N) is 1. The highest BCUT2D eigenvalue weighted by molar-refractivity contribution is 5.98. The molecule has 5 rings (SSSR count). The molecule has 9 nitrogen and oxygen atoms in total. The second-order valence-electron chi connectivity index (χ2n) is 8.28. The van der Waals surface area contributed by atoms with Crippen LogP contribution in [0.5, 0.6) is 0 Å². The Labute approximate surface area is 211 Å². The molecule has 1 aliphatic rings. The third-order valence-electron chi connectivity index (χ3n) is 5.91. The fraction of sp³-hybridized carbons (Fsp3) is 0.111. The number of carbonyl (C=O) groups is 2. The predicted octanol–water partition coefficient (Wildman–Crippen LogP) is 3.11. The zero-order valence-electron chi connectivity index (χ0n) is 19.5. The standard InChI is InChI=1S/C27H22FN5O4/c28-20-10-8-18(9-11-20)17-23(27(26(29)35)36-15-16-37-27)31-25(34)21-7-4-13-30-24(21)33-14-12-22(32-33)19-5-2-1-3-6-19/h1-16,23H,17H2,(H2,29,35)(H,31,34). The summed E-state index contributed by atoms with van der Waals surface area (Å²) in [7, 11) is 0. The first kappa shape index (κ1) is 23.7. The van der Waals surface area contributed by atoms with E-state index in [1.165, 1.54) is 41.5 Å². The summed E-state index contributed by atoms with van der Waals surface area (Å²) in [4.78, 5) is 30.4. The third-order valence-corrected chi connectivity index (χ3v) is 5.91. The lowest BCUT2D eigenvalue weighted by Gasteiger charge is -2.33. The molecular weight excluding hydrogens is 477 g/mol. The number of amides is 2. The Morgan fingerprint density at radius 2 is 1.73 bits per heavy atom. The maximum Gasteiger partial charge on any atom is 0.352 e. The molecule has 2 aromatic carbocycles. The lowest BCUT2D eigenvalue weighted by atomic mass is 9.97. The number of hydrogen-bond acceptors (Lipinski definition) is 6. The summed E-state index contributed by atoms with van der Waals surface area (Å²) in [5.74, 6) is -3.62. The molecule has 0 radical (unpaired) electrons. The third kappa shape index (κ3) is 4.76. The van der Waals surface area contributed by atoms with E-state index in [9.17, 15) is 14.0 Å². The molecule has 1 unspecified atom stereocenters. The number of nitrogens with one attached hydrogen (secondary N) is 1. The van der Waals surface area contributed by atoms with Crippen molar-refractivity contribution < 1.29 is 23.5 Å². The minimum absolute atomic E-state index is 0.0617. The molecule has 37 heavy (non-hydrogen) atoms. The van der Waals surface area contributed by atoms with Gasteiger partial charge in [-0.2, -0.15) is 5.10 Å². The van der Waals surface area contributed by atoms with Gasteiger partial charge in [0.1, 0.15) is 24.4 Å². The van der Waals surface area contributed by atoms with Crippen LogP contribution in [0.4, 0.5) is 4.39 Å². The van der Waals surface area contributed by atoms with Crippen LogP contribution in [0.3, 0.4) is 0 Å². The van der Waals surface area contributed by atoms with Gasteiger partial charge in [0, 0.05) is 24.4 Å². The molecule has 0 spiro atoms. The van der Waals surface area contributed by atoms with E-state index in [-0.39, 0.29) is 17.8 Å². The number of pyridine rings is 1. The number of benzene rings is 2. The quantitative estimate of drug-likeness (QED) is 0.384. The molecule has 3 heterocycles. The fourth-order valence-electron chi connectivity index (χ4n) is 4.07. The maximum absolute atomic E-state index is 13.6. The molecular formula is C27H22FN5O4. The van der Waals surface area contributed by atoms with E-state index in [2.05, 4.69) is 15.4 Å². The first-order valence-corrected chi connectivity index (χ1v) is 11.4. The Balaban J connectivity index is 1.46. The summed E-state index contributed by atoms with van der Waals surface area (Å²) in [6.07, 6.45) is 5.67. The number of carbonyl (C=O) groups excluding carboxylic acids is 2. The monoisotopic (exact) mass is 499 g/mol. The SMILES string of the molecule is NC(=O)C1(C(Cc2ccc(F)cc2)NC(=O)c2cccnc2-n2ccc(-c3ccccc3)n2)OC=CO1. The number of ether oxygens (including phenoxy) is 2. The molecule has 0 bridgehead atoms. The van der Waals surface area contributed by atoms with Crippen molar-refractivity contribution in [1.82, 2.24) is 20.1 Å². The number of aromatic nitrogens is 3. The highest BCUT2D eigenvalue weighted by Crippen LogP contribution is 2.28. The van der Waals surface area contributed by atoms with E-state index >= 15 is 0 Å². The minimum atomic E-state index is -1.99. The van der Waals surface area contributed by atoms with Crippen molar-refractivity contribution >= 4 is 11.8 Å². The van der Waals surface area contributed by atoms with Gasteiger partial charge in [-0.15, -0.1) is 0 Å². The van der Waals surface area contributed by atoms with Gasteiger partial charge in [-0.25, -0.2) is 14.1 Å². The van der Waals surface area contributed by atoms with Gasteiger partial charge in [0.15, 0.2) is 5.82 Å². The smallest absolute Gasteiger partial charge is 0.352 e. The van der Waals surface area contributed by atoms with Crippen LogP contribution in [0.2, 0.25) is 0 Å². The second-order valence-corrected chi connectivity index (χ2v) is 8.28. The van der Waals surface area contributed by atoms with Gasteiger partial charge in [-0.05, 0) is 35.9 Å². The van der Waals surface area contributed by atoms with Crippen molar-refractivity contribution in [3.05, 3.63) is 115 Å². The van der Waals surface area contributed by atoms with Crippen LogP contribution in [0.15, 0.2) is 97.7 Å². The molecule has 2 aromatic heterocycles. The van der Waals surface area contributed by atoms with E-state index in [0.717, 1.165) is 5.56 Å². The van der Waals surface area contributed by atoms with Crippen molar-refractivity contribution in [2.24, 2.45) is 5.73 Å². The van der Waals surface area contributed by atoms with Gasteiger partial charge in [-0.1, -0.05) is 42.5 Å². The molecule has 0 fully saturated rings. The Kier molecular flexibility index (Phi) is 6.38. The van der Waals surface area contributed by atoms with E-state index in [1.54, 1.807) is 24.5 Å². The Hall–Kier alpha value is -4.99. The number of primary amides is 1. The van der Waals surface area contributed by atoms with Crippen molar-refractivity contribution in [2.75, 3.05) is 0 Å². The van der Waals surface area contributed by atoms with Crippen LogP contribution in [0.25, 0.3) is 17.1 Å². The lowest BCUT2D eigenvalue weighted by molar-refractivity contribution is -0.182. The molecule has 2 amide bonds.